The van der Waals surface area contributed by atoms with Gasteiger partial charge in [-0.3, -0.25) is 4.90 Å². The molecule has 2 unspecified atom stereocenters. The number of rotatable bonds is 3. The van der Waals surface area contributed by atoms with Crippen molar-refractivity contribution in [3.63, 3.8) is 0 Å². The summed E-state index contributed by atoms with van der Waals surface area (Å²) in [6.45, 7) is 10.4. The molecule has 100 valence electrons. The maximum Gasteiger partial charge on any atom is 0.0753 e. The average molecular weight is 240 g/mol. The lowest BCUT2D eigenvalue weighted by atomic mass is 9.82. The Morgan fingerprint density at radius 3 is 2.76 bits per heavy atom. The molecule has 17 heavy (non-hydrogen) atoms. The van der Waals surface area contributed by atoms with Crippen LogP contribution < -0.4 is 5.73 Å². The molecule has 1 saturated carbocycles. The van der Waals surface area contributed by atoms with Gasteiger partial charge in [-0.2, -0.15) is 0 Å². The number of morpholine rings is 1. The zero-order chi connectivity index (χ0) is 12.5. The molecule has 1 heterocycles. The van der Waals surface area contributed by atoms with E-state index in [1.54, 1.807) is 0 Å². The second-order valence-electron chi connectivity index (χ2n) is 6.33. The molecule has 2 rings (SSSR count). The Bertz CT molecular complexity index is 267. The monoisotopic (exact) mass is 240 g/mol. The van der Waals surface area contributed by atoms with E-state index in [9.17, 15) is 0 Å². The van der Waals surface area contributed by atoms with Crippen molar-refractivity contribution in [3.8, 4) is 0 Å². The minimum atomic E-state index is -0.0126. The summed E-state index contributed by atoms with van der Waals surface area (Å²) in [6.07, 6.45) is 5.23. The minimum absolute atomic E-state index is 0.0126. The second-order valence-corrected chi connectivity index (χ2v) is 6.33. The molecule has 3 nitrogen and oxygen atoms in total. The molecule has 0 aromatic carbocycles. The van der Waals surface area contributed by atoms with Crippen molar-refractivity contribution in [2.75, 3.05) is 26.2 Å². The van der Waals surface area contributed by atoms with Gasteiger partial charge in [0, 0.05) is 25.2 Å². The molecule has 2 atom stereocenters. The van der Waals surface area contributed by atoms with Crippen molar-refractivity contribution in [2.24, 2.45) is 11.7 Å². The van der Waals surface area contributed by atoms with E-state index in [0.29, 0.717) is 0 Å². The van der Waals surface area contributed by atoms with E-state index in [1.807, 2.05) is 0 Å². The number of nitrogens with two attached hydrogens (primary N) is 1. The molecule has 0 aromatic rings. The van der Waals surface area contributed by atoms with Gasteiger partial charge in [0.1, 0.15) is 0 Å². The zero-order valence-electron chi connectivity index (χ0n) is 11.7. The highest BCUT2D eigenvalue weighted by Gasteiger charge is 2.47. The van der Waals surface area contributed by atoms with Gasteiger partial charge in [0.25, 0.3) is 0 Å². The Hall–Kier alpha value is -0.120. The van der Waals surface area contributed by atoms with E-state index >= 15 is 0 Å². The topological polar surface area (TPSA) is 38.5 Å². The Labute approximate surface area is 106 Å². The molecule has 0 aromatic heterocycles. The van der Waals surface area contributed by atoms with E-state index in [1.165, 1.54) is 25.7 Å². The number of hydrogen-bond acceptors (Lipinski definition) is 3. The Morgan fingerprint density at radius 1 is 1.41 bits per heavy atom. The molecule has 2 N–H and O–H groups in total. The van der Waals surface area contributed by atoms with Crippen molar-refractivity contribution in [2.45, 2.75) is 57.6 Å². The molecular formula is C14H28N2O. The fraction of sp³-hybridized carbons (Fsp3) is 1.00. The second kappa shape index (κ2) is 4.87. The normalized spacial score (nSPS) is 38.5. The molecule has 2 fully saturated rings. The number of hydrogen-bond donors (Lipinski definition) is 1. The van der Waals surface area contributed by atoms with Crippen molar-refractivity contribution in [3.05, 3.63) is 0 Å². The summed E-state index contributed by atoms with van der Waals surface area (Å²) in [6, 6.07) is 0. The molecule has 1 aliphatic carbocycles. The van der Waals surface area contributed by atoms with E-state index in [2.05, 4.69) is 25.7 Å². The van der Waals surface area contributed by atoms with Crippen LogP contribution in [0.2, 0.25) is 0 Å². The van der Waals surface area contributed by atoms with Crippen LogP contribution in [0, 0.1) is 5.92 Å². The van der Waals surface area contributed by atoms with E-state index in [-0.39, 0.29) is 11.1 Å². The van der Waals surface area contributed by atoms with Crippen LogP contribution in [0.5, 0.6) is 0 Å². The summed E-state index contributed by atoms with van der Waals surface area (Å²) in [4.78, 5) is 2.64. The predicted molar refractivity (Wildman–Crippen MR) is 71.0 cm³/mol. The first kappa shape index (κ1) is 13.3. The minimum Gasteiger partial charge on any atom is -0.373 e. The molecule has 0 radical (unpaired) electrons. The molecule has 1 aliphatic heterocycles. The Kier molecular flexibility index (Phi) is 3.81. The molecule has 0 amide bonds. The molecular weight excluding hydrogens is 212 g/mol. The summed E-state index contributed by atoms with van der Waals surface area (Å²) in [5.74, 6) is 0.779. The van der Waals surface area contributed by atoms with Gasteiger partial charge in [0.15, 0.2) is 0 Å². The molecule has 0 spiro atoms. The lowest BCUT2D eigenvalue weighted by Gasteiger charge is -2.50. The van der Waals surface area contributed by atoms with Crippen molar-refractivity contribution in [1.82, 2.24) is 4.90 Å². The first-order valence-electron chi connectivity index (χ1n) is 7.13. The largest absolute Gasteiger partial charge is 0.373 e. The highest BCUT2D eigenvalue weighted by Crippen LogP contribution is 2.43. The van der Waals surface area contributed by atoms with Gasteiger partial charge in [0.2, 0.25) is 0 Å². The van der Waals surface area contributed by atoms with Gasteiger partial charge in [-0.1, -0.05) is 19.8 Å². The Balaban J connectivity index is 2.17. The predicted octanol–water partition coefficient (Wildman–Crippen LogP) is 2.00. The fourth-order valence-electron chi connectivity index (χ4n) is 3.92. The van der Waals surface area contributed by atoms with Crippen LogP contribution in [0.15, 0.2) is 0 Å². The fourth-order valence-corrected chi connectivity index (χ4v) is 3.92. The third-order valence-corrected chi connectivity index (χ3v) is 4.82. The van der Waals surface area contributed by atoms with Crippen LogP contribution in [-0.2, 0) is 4.74 Å². The SMILES string of the molecule is CCC1CCCC1(CN)N1CCOC(C)(C)C1. The Morgan fingerprint density at radius 2 is 2.18 bits per heavy atom. The third-order valence-electron chi connectivity index (χ3n) is 4.82. The highest BCUT2D eigenvalue weighted by molar-refractivity contribution is 5.03. The summed E-state index contributed by atoms with van der Waals surface area (Å²) >= 11 is 0. The first-order valence-corrected chi connectivity index (χ1v) is 7.13. The van der Waals surface area contributed by atoms with Crippen LogP contribution in [-0.4, -0.2) is 42.3 Å². The lowest BCUT2D eigenvalue weighted by molar-refractivity contribution is -0.122. The van der Waals surface area contributed by atoms with Gasteiger partial charge in [-0.25, -0.2) is 0 Å². The van der Waals surface area contributed by atoms with Crippen molar-refractivity contribution >= 4 is 0 Å². The standard InChI is InChI=1S/C14H28N2O/c1-4-12-6-5-7-14(12,10-15)16-8-9-17-13(2,3)11-16/h12H,4-11,15H2,1-3H3. The molecule has 1 saturated heterocycles. The van der Waals surface area contributed by atoms with Gasteiger partial charge < -0.3 is 10.5 Å². The van der Waals surface area contributed by atoms with Crippen LogP contribution in [0.4, 0.5) is 0 Å². The summed E-state index contributed by atoms with van der Waals surface area (Å²) in [5, 5.41) is 0. The number of nitrogens with zero attached hydrogens (tertiary/aromatic N) is 1. The molecule has 0 bridgehead atoms. The maximum atomic E-state index is 6.17. The summed E-state index contributed by atoms with van der Waals surface area (Å²) in [7, 11) is 0. The smallest absolute Gasteiger partial charge is 0.0753 e. The van der Waals surface area contributed by atoms with Crippen LogP contribution in [0.25, 0.3) is 0 Å². The van der Waals surface area contributed by atoms with Gasteiger partial charge >= 0.3 is 0 Å². The van der Waals surface area contributed by atoms with Crippen LogP contribution >= 0.6 is 0 Å². The van der Waals surface area contributed by atoms with Crippen LogP contribution in [0.1, 0.15) is 46.5 Å². The quantitative estimate of drug-likeness (QED) is 0.820. The van der Waals surface area contributed by atoms with Gasteiger partial charge in [-0.05, 0) is 32.6 Å². The van der Waals surface area contributed by atoms with Crippen molar-refractivity contribution < 1.29 is 4.74 Å². The number of ether oxygens (including phenoxy) is 1. The maximum absolute atomic E-state index is 6.17. The molecule has 2 aliphatic rings. The van der Waals surface area contributed by atoms with Crippen LogP contribution in [0.3, 0.4) is 0 Å². The van der Waals surface area contributed by atoms with Crippen molar-refractivity contribution in [1.29, 1.82) is 0 Å². The average Bonchev–Trinajstić information content (AvgIpc) is 2.71. The summed E-state index contributed by atoms with van der Waals surface area (Å²) in [5.41, 5.74) is 6.42. The zero-order valence-corrected chi connectivity index (χ0v) is 11.7. The van der Waals surface area contributed by atoms with E-state index < -0.39 is 0 Å². The van der Waals surface area contributed by atoms with Gasteiger partial charge in [0.05, 0.1) is 12.2 Å². The third kappa shape index (κ3) is 2.38. The highest BCUT2D eigenvalue weighted by atomic mass is 16.5. The lowest BCUT2D eigenvalue weighted by Crippen LogP contribution is -2.63. The molecule has 3 heteroatoms. The van der Waals surface area contributed by atoms with E-state index in [4.69, 9.17) is 10.5 Å². The van der Waals surface area contributed by atoms with E-state index in [0.717, 1.165) is 32.2 Å². The first-order chi connectivity index (χ1) is 8.04. The summed E-state index contributed by atoms with van der Waals surface area (Å²) < 4.78 is 5.83. The van der Waals surface area contributed by atoms with Gasteiger partial charge in [-0.15, -0.1) is 0 Å².